The molecule has 0 aliphatic carbocycles. The van der Waals surface area contributed by atoms with Crippen LogP contribution in [0.15, 0.2) is 30.5 Å². The van der Waals surface area contributed by atoms with E-state index in [-0.39, 0.29) is 5.91 Å². The number of rotatable bonds is 4. The van der Waals surface area contributed by atoms with Gasteiger partial charge in [0.1, 0.15) is 5.38 Å². The third-order valence-electron chi connectivity index (χ3n) is 2.91. The fraction of sp³-hybridized carbons (Fsp3) is 0.357. The van der Waals surface area contributed by atoms with Gasteiger partial charge in [0.05, 0.1) is 11.2 Å². The van der Waals surface area contributed by atoms with Crippen molar-refractivity contribution >= 4 is 34.1 Å². The Hall–Kier alpha value is -1.48. The van der Waals surface area contributed by atoms with Crippen LogP contribution in [0.2, 0.25) is 0 Å². The molecule has 1 aromatic carbocycles. The molecule has 1 unspecified atom stereocenters. The van der Waals surface area contributed by atoms with Crippen LogP contribution in [-0.2, 0) is 4.79 Å². The van der Waals surface area contributed by atoms with Crippen LogP contribution in [0, 0.1) is 0 Å². The van der Waals surface area contributed by atoms with Gasteiger partial charge in [0, 0.05) is 18.1 Å². The van der Waals surface area contributed by atoms with Crippen molar-refractivity contribution < 1.29 is 4.79 Å². The molecule has 0 spiro atoms. The van der Waals surface area contributed by atoms with Crippen molar-refractivity contribution in [3.8, 4) is 0 Å². The third-order valence-corrected chi connectivity index (χ3v) is 3.10. The van der Waals surface area contributed by atoms with Gasteiger partial charge in [-0.25, -0.2) is 0 Å². The molecule has 1 amide bonds. The summed E-state index contributed by atoms with van der Waals surface area (Å²) in [5.41, 5.74) is 1.88. The van der Waals surface area contributed by atoms with Gasteiger partial charge in [0.25, 0.3) is 0 Å². The quantitative estimate of drug-likeness (QED) is 0.843. The van der Waals surface area contributed by atoms with Crippen LogP contribution in [0.25, 0.3) is 10.9 Å². The van der Waals surface area contributed by atoms with Crippen molar-refractivity contribution in [2.75, 3.05) is 11.4 Å². The number of para-hydroxylation sites is 1. The number of carbonyl (C=O) groups is 1. The number of hydrogen-bond acceptors (Lipinski definition) is 1. The highest BCUT2D eigenvalue weighted by Gasteiger charge is 2.21. The normalized spacial score (nSPS) is 12.6. The molecule has 0 saturated carbocycles. The number of aromatic nitrogens is 1. The second kappa shape index (κ2) is 5.44. The number of H-pyrrole nitrogens is 1. The Morgan fingerprint density at radius 1 is 1.44 bits per heavy atom. The zero-order valence-corrected chi connectivity index (χ0v) is 11.4. The van der Waals surface area contributed by atoms with Gasteiger partial charge in [-0.2, -0.15) is 0 Å². The molecule has 1 N–H and O–H groups in total. The summed E-state index contributed by atoms with van der Waals surface area (Å²) in [4.78, 5) is 17.1. The number of halogens is 1. The van der Waals surface area contributed by atoms with Crippen molar-refractivity contribution in [3.05, 3.63) is 30.5 Å². The maximum Gasteiger partial charge on any atom is 0.244 e. The van der Waals surface area contributed by atoms with E-state index < -0.39 is 5.38 Å². The number of nitrogens with zero attached hydrogens (tertiary/aromatic N) is 1. The van der Waals surface area contributed by atoms with Crippen LogP contribution in [0.5, 0.6) is 0 Å². The fourth-order valence-corrected chi connectivity index (χ4v) is 2.20. The minimum absolute atomic E-state index is 0.0550. The minimum atomic E-state index is -0.512. The van der Waals surface area contributed by atoms with Gasteiger partial charge in [0.2, 0.25) is 5.91 Å². The van der Waals surface area contributed by atoms with Gasteiger partial charge in [0.15, 0.2) is 0 Å². The highest BCUT2D eigenvalue weighted by molar-refractivity contribution is 6.32. The first-order valence-electron chi connectivity index (χ1n) is 6.16. The second-order valence-electron chi connectivity index (χ2n) is 4.32. The van der Waals surface area contributed by atoms with Crippen molar-refractivity contribution in [3.63, 3.8) is 0 Å². The molecule has 2 rings (SSSR count). The molecule has 4 heteroatoms. The first kappa shape index (κ1) is 13.0. The molecular weight excluding hydrogens is 248 g/mol. The molecule has 3 nitrogen and oxygen atoms in total. The van der Waals surface area contributed by atoms with E-state index in [1.54, 1.807) is 11.8 Å². The molecule has 1 atom stereocenters. The van der Waals surface area contributed by atoms with Crippen molar-refractivity contribution in [1.82, 2.24) is 4.98 Å². The van der Waals surface area contributed by atoms with E-state index in [2.05, 4.69) is 4.98 Å². The molecule has 1 aromatic heterocycles. The van der Waals surface area contributed by atoms with Crippen molar-refractivity contribution in [2.45, 2.75) is 25.6 Å². The Kier molecular flexibility index (Phi) is 3.92. The van der Waals surface area contributed by atoms with Gasteiger partial charge in [-0.15, -0.1) is 11.6 Å². The lowest BCUT2D eigenvalue weighted by Crippen LogP contribution is -2.36. The standard InChI is InChI=1S/C14H17ClN2O/c1-3-9-17(14(18)10(2)15)12-6-4-5-11-7-8-16-13(11)12/h4-8,10,16H,3,9H2,1-2H3. The summed E-state index contributed by atoms with van der Waals surface area (Å²) in [6.45, 7) is 4.43. The Morgan fingerprint density at radius 2 is 2.22 bits per heavy atom. The molecule has 0 aliphatic heterocycles. The average Bonchev–Trinajstić information content (AvgIpc) is 2.83. The lowest BCUT2D eigenvalue weighted by Gasteiger charge is -2.24. The largest absolute Gasteiger partial charge is 0.359 e. The minimum Gasteiger partial charge on any atom is -0.359 e. The number of aromatic amines is 1. The molecule has 0 fully saturated rings. The predicted molar refractivity (Wildman–Crippen MR) is 76.3 cm³/mol. The number of amides is 1. The van der Waals surface area contributed by atoms with Gasteiger partial charge >= 0.3 is 0 Å². The number of alkyl halides is 1. The van der Waals surface area contributed by atoms with E-state index in [4.69, 9.17) is 11.6 Å². The molecule has 0 aliphatic rings. The molecule has 2 aromatic rings. The van der Waals surface area contributed by atoms with Gasteiger partial charge < -0.3 is 9.88 Å². The number of nitrogens with one attached hydrogen (secondary N) is 1. The van der Waals surface area contributed by atoms with E-state index >= 15 is 0 Å². The van der Waals surface area contributed by atoms with Crippen LogP contribution in [-0.4, -0.2) is 22.8 Å². The summed E-state index contributed by atoms with van der Waals surface area (Å²) in [7, 11) is 0. The van der Waals surface area contributed by atoms with E-state index in [9.17, 15) is 4.79 Å². The lowest BCUT2D eigenvalue weighted by molar-refractivity contribution is -0.118. The molecular formula is C14H17ClN2O. The first-order chi connectivity index (χ1) is 8.65. The fourth-order valence-electron chi connectivity index (χ4n) is 2.08. The molecule has 1 heterocycles. The molecule has 18 heavy (non-hydrogen) atoms. The maximum absolute atomic E-state index is 12.2. The topological polar surface area (TPSA) is 36.1 Å². The monoisotopic (exact) mass is 264 g/mol. The Bertz CT molecular complexity index is 547. The van der Waals surface area contributed by atoms with Crippen molar-refractivity contribution in [2.24, 2.45) is 0 Å². The number of carbonyl (C=O) groups excluding carboxylic acids is 1. The summed E-state index contributed by atoms with van der Waals surface area (Å²) in [6, 6.07) is 7.93. The summed E-state index contributed by atoms with van der Waals surface area (Å²) in [5.74, 6) is -0.0550. The average molecular weight is 265 g/mol. The molecule has 0 radical (unpaired) electrons. The zero-order chi connectivity index (χ0) is 13.1. The third kappa shape index (κ3) is 2.36. The lowest BCUT2D eigenvalue weighted by atomic mass is 10.2. The Morgan fingerprint density at radius 3 is 2.89 bits per heavy atom. The van der Waals surface area contributed by atoms with E-state index in [1.807, 2.05) is 37.4 Å². The Balaban J connectivity index is 2.47. The highest BCUT2D eigenvalue weighted by Crippen LogP contribution is 2.26. The zero-order valence-electron chi connectivity index (χ0n) is 10.6. The van der Waals surface area contributed by atoms with Crippen molar-refractivity contribution in [1.29, 1.82) is 0 Å². The van der Waals surface area contributed by atoms with Gasteiger partial charge in [-0.3, -0.25) is 4.79 Å². The van der Waals surface area contributed by atoms with Gasteiger partial charge in [-0.05, 0) is 25.5 Å². The second-order valence-corrected chi connectivity index (χ2v) is 4.98. The number of hydrogen-bond donors (Lipinski definition) is 1. The summed E-state index contributed by atoms with van der Waals surface area (Å²) in [5, 5.41) is 0.588. The van der Waals surface area contributed by atoms with E-state index in [0.29, 0.717) is 6.54 Å². The molecule has 0 bridgehead atoms. The number of fused-ring (bicyclic) bond motifs is 1. The SMILES string of the molecule is CCCN(C(=O)C(C)Cl)c1cccc2cc[nH]c12. The predicted octanol–water partition coefficient (Wildman–Crippen LogP) is 3.54. The van der Waals surface area contributed by atoms with E-state index in [0.717, 1.165) is 23.0 Å². The highest BCUT2D eigenvalue weighted by atomic mass is 35.5. The molecule has 96 valence electrons. The first-order valence-corrected chi connectivity index (χ1v) is 6.60. The summed E-state index contributed by atoms with van der Waals surface area (Å²) < 4.78 is 0. The van der Waals surface area contributed by atoms with Crippen LogP contribution >= 0.6 is 11.6 Å². The number of benzene rings is 1. The maximum atomic E-state index is 12.2. The van der Waals surface area contributed by atoms with Crippen LogP contribution in [0.1, 0.15) is 20.3 Å². The van der Waals surface area contributed by atoms with E-state index in [1.165, 1.54) is 0 Å². The summed E-state index contributed by atoms with van der Waals surface area (Å²) >= 11 is 5.93. The number of anilines is 1. The molecule has 0 saturated heterocycles. The van der Waals surface area contributed by atoms with Crippen LogP contribution < -0.4 is 4.90 Å². The smallest absolute Gasteiger partial charge is 0.244 e. The van der Waals surface area contributed by atoms with Crippen LogP contribution in [0.3, 0.4) is 0 Å². The van der Waals surface area contributed by atoms with Crippen LogP contribution in [0.4, 0.5) is 5.69 Å². The summed E-state index contributed by atoms with van der Waals surface area (Å²) in [6.07, 6.45) is 2.78. The van der Waals surface area contributed by atoms with Gasteiger partial charge in [-0.1, -0.05) is 19.1 Å². The Labute approximate surface area is 112 Å².